The summed E-state index contributed by atoms with van der Waals surface area (Å²) < 4.78 is 5.42. The highest BCUT2D eigenvalue weighted by Gasteiger charge is 2.23. The summed E-state index contributed by atoms with van der Waals surface area (Å²) in [5.74, 6) is 0.533. The zero-order valence-corrected chi connectivity index (χ0v) is 8.83. The van der Waals surface area contributed by atoms with Crippen LogP contribution in [0, 0.1) is 5.92 Å². The minimum atomic E-state index is 0.341. The Morgan fingerprint density at radius 2 is 2.31 bits per heavy atom. The highest BCUT2D eigenvalue weighted by Crippen LogP contribution is 2.13. The first-order valence-corrected chi connectivity index (χ1v) is 5.26. The summed E-state index contributed by atoms with van der Waals surface area (Å²) in [6.45, 7) is 6.12. The smallest absolute Gasteiger partial charge is 0.0521 e. The molecule has 1 heterocycles. The van der Waals surface area contributed by atoms with Crippen LogP contribution >= 0.6 is 0 Å². The molecule has 1 rings (SSSR count). The molecule has 0 aromatic carbocycles. The summed E-state index contributed by atoms with van der Waals surface area (Å²) in [5.41, 5.74) is 6.02. The van der Waals surface area contributed by atoms with Crippen molar-refractivity contribution in [1.82, 2.24) is 4.90 Å². The molecule has 1 fully saturated rings. The van der Waals surface area contributed by atoms with Gasteiger partial charge in [0.25, 0.3) is 0 Å². The lowest BCUT2D eigenvalue weighted by atomic mass is 9.96. The third-order valence-electron chi connectivity index (χ3n) is 2.68. The van der Waals surface area contributed by atoms with Gasteiger partial charge in [-0.05, 0) is 26.4 Å². The van der Waals surface area contributed by atoms with Gasteiger partial charge in [-0.15, -0.1) is 0 Å². The van der Waals surface area contributed by atoms with Gasteiger partial charge in [-0.1, -0.05) is 6.92 Å². The summed E-state index contributed by atoms with van der Waals surface area (Å²) >= 11 is 0. The van der Waals surface area contributed by atoms with Crippen molar-refractivity contribution in [2.75, 3.05) is 33.4 Å². The molecule has 1 aliphatic heterocycles. The molecular weight excluding hydrogens is 164 g/mol. The number of nitrogens with two attached hydrogens (primary N) is 1. The van der Waals surface area contributed by atoms with E-state index in [0.29, 0.717) is 12.0 Å². The topological polar surface area (TPSA) is 38.5 Å². The predicted octanol–water partition coefficient (Wildman–Crippen LogP) is 0.692. The zero-order chi connectivity index (χ0) is 9.68. The number of hydrogen-bond acceptors (Lipinski definition) is 3. The van der Waals surface area contributed by atoms with Crippen LogP contribution in [0.1, 0.15) is 19.8 Å². The molecule has 2 unspecified atom stereocenters. The molecule has 78 valence electrons. The monoisotopic (exact) mass is 186 g/mol. The van der Waals surface area contributed by atoms with Crippen LogP contribution in [0.15, 0.2) is 0 Å². The molecule has 13 heavy (non-hydrogen) atoms. The van der Waals surface area contributed by atoms with Gasteiger partial charge in [0, 0.05) is 25.1 Å². The molecule has 1 saturated heterocycles. The van der Waals surface area contributed by atoms with E-state index >= 15 is 0 Å². The molecule has 2 atom stereocenters. The van der Waals surface area contributed by atoms with Crippen molar-refractivity contribution in [3.8, 4) is 0 Å². The van der Waals surface area contributed by atoms with E-state index < -0.39 is 0 Å². The Balaban J connectivity index is 2.25. The summed E-state index contributed by atoms with van der Waals surface area (Å²) in [6, 6.07) is 0.341. The highest BCUT2D eigenvalue weighted by molar-refractivity contribution is 4.78. The van der Waals surface area contributed by atoms with Crippen LogP contribution in [0.25, 0.3) is 0 Å². The van der Waals surface area contributed by atoms with Crippen LogP contribution in [0.4, 0.5) is 0 Å². The number of ether oxygens (including phenoxy) is 1. The SMILES string of the molecule is CCCN(C)CC1COCCC1N. The van der Waals surface area contributed by atoms with E-state index in [-0.39, 0.29) is 0 Å². The fourth-order valence-corrected chi connectivity index (χ4v) is 1.87. The average Bonchev–Trinajstić information content (AvgIpc) is 2.09. The maximum atomic E-state index is 6.02. The lowest BCUT2D eigenvalue weighted by Crippen LogP contribution is -2.44. The third kappa shape index (κ3) is 3.63. The predicted molar refractivity (Wildman–Crippen MR) is 54.7 cm³/mol. The summed E-state index contributed by atoms with van der Waals surface area (Å²) in [7, 11) is 2.16. The lowest BCUT2D eigenvalue weighted by molar-refractivity contribution is 0.0295. The average molecular weight is 186 g/mol. The molecule has 0 aliphatic carbocycles. The van der Waals surface area contributed by atoms with Crippen molar-refractivity contribution in [3.05, 3.63) is 0 Å². The van der Waals surface area contributed by atoms with Crippen LogP contribution in [-0.4, -0.2) is 44.3 Å². The van der Waals surface area contributed by atoms with Gasteiger partial charge in [0.15, 0.2) is 0 Å². The van der Waals surface area contributed by atoms with E-state index in [1.807, 2.05) is 0 Å². The van der Waals surface area contributed by atoms with Crippen LogP contribution in [0.5, 0.6) is 0 Å². The second-order valence-corrected chi connectivity index (χ2v) is 4.05. The number of nitrogens with zero attached hydrogens (tertiary/aromatic N) is 1. The van der Waals surface area contributed by atoms with Gasteiger partial charge < -0.3 is 15.4 Å². The third-order valence-corrected chi connectivity index (χ3v) is 2.68. The van der Waals surface area contributed by atoms with Crippen LogP contribution < -0.4 is 5.73 Å². The molecule has 3 heteroatoms. The number of rotatable bonds is 4. The molecule has 0 bridgehead atoms. The van der Waals surface area contributed by atoms with Gasteiger partial charge in [-0.2, -0.15) is 0 Å². The molecule has 0 aromatic heterocycles. The van der Waals surface area contributed by atoms with Gasteiger partial charge in [-0.3, -0.25) is 0 Å². The normalized spacial score (nSPS) is 29.5. The Hall–Kier alpha value is -0.120. The first-order chi connectivity index (χ1) is 6.24. The first kappa shape index (κ1) is 11.0. The van der Waals surface area contributed by atoms with Gasteiger partial charge in [0.05, 0.1) is 6.61 Å². The quantitative estimate of drug-likeness (QED) is 0.702. The van der Waals surface area contributed by atoms with Gasteiger partial charge >= 0.3 is 0 Å². The minimum absolute atomic E-state index is 0.341. The molecule has 0 radical (unpaired) electrons. The van der Waals surface area contributed by atoms with E-state index in [0.717, 1.165) is 32.7 Å². The lowest BCUT2D eigenvalue weighted by Gasteiger charge is -2.31. The van der Waals surface area contributed by atoms with Crippen molar-refractivity contribution >= 4 is 0 Å². The standard InChI is InChI=1S/C10H22N2O/c1-3-5-12(2)7-9-8-13-6-4-10(9)11/h9-10H,3-8,11H2,1-2H3. The highest BCUT2D eigenvalue weighted by atomic mass is 16.5. The Morgan fingerprint density at radius 3 is 2.92 bits per heavy atom. The van der Waals surface area contributed by atoms with Crippen LogP contribution in [0.3, 0.4) is 0 Å². The minimum Gasteiger partial charge on any atom is -0.381 e. The van der Waals surface area contributed by atoms with Gasteiger partial charge in [0.1, 0.15) is 0 Å². The van der Waals surface area contributed by atoms with Crippen molar-refractivity contribution < 1.29 is 4.74 Å². The fourth-order valence-electron chi connectivity index (χ4n) is 1.87. The summed E-state index contributed by atoms with van der Waals surface area (Å²) in [4.78, 5) is 2.35. The van der Waals surface area contributed by atoms with E-state index in [1.165, 1.54) is 6.42 Å². The second kappa shape index (κ2) is 5.58. The van der Waals surface area contributed by atoms with E-state index in [2.05, 4.69) is 18.9 Å². The molecule has 0 saturated carbocycles. The molecule has 3 nitrogen and oxygen atoms in total. The molecule has 0 spiro atoms. The molecule has 0 aromatic rings. The van der Waals surface area contributed by atoms with E-state index in [1.54, 1.807) is 0 Å². The molecule has 0 amide bonds. The summed E-state index contributed by atoms with van der Waals surface area (Å²) in [5, 5.41) is 0. The second-order valence-electron chi connectivity index (χ2n) is 4.05. The van der Waals surface area contributed by atoms with Crippen molar-refractivity contribution in [2.24, 2.45) is 11.7 Å². The van der Waals surface area contributed by atoms with Crippen LogP contribution in [-0.2, 0) is 4.74 Å². The molecule has 1 aliphatic rings. The van der Waals surface area contributed by atoms with Crippen molar-refractivity contribution in [2.45, 2.75) is 25.8 Å². The number of hydrogen-bond donors (Lipinski definition) is 1. The van der Waals surface area contributed by atoms with Gasteiger partial charge in [0.2, 0.25) is 0 Å². The molecular formula is C10H22N2O. The Bertz CT molecular complexity index is 141. The first-order valence-electron chi connectivity index (χ1n) is 5.26. The zero-order valence-electron chi connectivity index (χ0n) is 8.83. The van der Waals surface area contributed by atoms with Crippen molar-refractivity contribution in [1.29, 1.82) is 0 Å². The summed E-state index contributed by atoms with van der Waals surface area (Å²) in [6.07, 6.45) is 2.23. The molecule has 2 N–H and O–H groups in total. The fraction of sp³-hybridized carbons (Fsp3) is 1.00. The Labute approximate surface area is 81.2 Å². The van der Waals surface area contributed by atoms with E-state index in [9.17, 15) is 0 Å². The van der Waals surface area contributed by atoms with Gasteiger partial charge in [-0.25, -0.2) is 0 Å². The van der Waals surface area contributed by atoms with E-state index in [4.69, 9.17) is 10.5 Å². The Kier molecular flexibility index (Phi) is 4.70. The maximum absolute atomic E-state index is 6.02. The van der Waals surface area contributed by atoms with Crippen LogP contribution in [0.2, 0.25) is 0 Å². The van der Waals surface area contributed by atoms with Crippen molar-refractivity contribution in [3.63, 3.8) is 0 Å². The largest absolute Gasteiger partial charge is 0.381 e. The Morgan fingerprint density at radius 1 is 1.54 bits per heavy atom. The maximum Gasteiger partial charge on any atom is 0.0521 e.